The monoisotopic (exact) mass is 540 g/mol. The van der Waals surface area contributed by atoms with Crippen molar-refractivity contribution in [1.82, 2.24) is 19.9 Å². The number of amides is 2. The molecular weight excluding hydrogens is 508 g/mol. The molecule has 0 aliphatic carbocycles. The number of pyridine rings is 1. The summed E-state index contributed by atoms with van der Waals surface area (Å²) in [6.45, 7) is 5.41. The van der Waals surface area contributed by atoms with Crippen LogP contribution in [-0.2, 0) is 19.6 Å². The maximum absolute atomic E-state index is 13.3. The largest absolute Gasteiger partial charge is 0.451 e. The second-order valence-corrected chi connectivity index (χ2v) is 12.0. The molecule has 202 valence electrons. The first-order valence-electron chi connectivity index (χ1n) is 12.6. The first-order valence-corrected chi connectivity index (χ1v) is 14.0. The third kappa shape index (κ3) is 6.28. The van der Waals surface area contributed by atoms with E-state index in [0.717, 1.165) is 9.69 Å². The van der Waals surface area contributed by atoms with E-state index in [0.29, 0.717) is 12.0 Å². The van der Waals surface area contributed by atoms with Crippen molar-refractivity contribution in [3.05, 3.63) is 60.5 Å². The molecule has 2 amide bonds. The van der Waals surface area contributed by atoms with Gasteiger partial charge in [0.2, 0.25) is 5.91 Å². The summed E-state index contributed by atoms with van der Waals surface area (Å²) in [5, 5.41) is 6.15. The molecule has 1 aliphatic heterocycles. The number of hydrogen-bond acceptors (Lipinski definition) is 7. The Morgan fingerprint density at radius 3 is 2.58 bits per heavy atom. The van der Waals surface area contributed by atoms with E-state index in [1.54, 1.807) is 30.3 Å². The molecule has 1 aromatic carbocycles. The number of fused-ring (bicyclic) bond motifs is 1. The first kappa shape index (κ1) is 27.5. The number of carbonyl (C=O) groups excluding carboxylic acids is 3. The lowest BCUT2D eigenvalue weighted by Gasteiger charge is -2.23. The van der Waals surface area contributed by atoms with Crippen LogP contribution in [0, 0.1) is 11.8 Å². The number of nitrogens with one attached hydrogen (secondary N) is 2. The SMILES string of the molecule is CC(C)C[C@H](NC(=O)c1cc2ccccc2o1)C(=O)N[C@H]1C[C@H](C)CN(S(=O)(=O)c2ccccn2)CC1=O. The number of aromatic nitrogens is 1. The first-order chi connectivity index (χ1) is 18.0. The van der Waals surface area contributed by atoms with E-state index < -0.39 is 39.7 Å². The van der Waals surface area contributed by atoms with Crippen LogP contribution in [0.15, 0.2) is 64.2 Å². The third-order valence-corrected chi connectivity index (χ3v) is 8.14. The fourth-order valence-electron chi connectivity index (χ4n) is 4.56. The number of furan rings is 1. The summed E-state index contributed by atoms with van der Waals surface area (Å²) >= 11 is 0. The van der Waals surface area contributed by atoms with E-state index in [2.05, 4.69) is 15.6 Å². The molecule has 1 fully saturated rings. The summed E-state index contributed by atoms with van der Waals surface area (Å²) in [5.74, 6) is -1.51. The molecule has 38 heavy (non-hydrogen) atoms. The minimum absolute atomic E-state index is 0.0736. The van der Waals surface area contributed by atoms with Crippen LogP contribution in [0.2, 0.25) is 0 Å². The molecule has 10 nitrogen and oxygen atoms in total. The van der Waals surface area contributed by atoms with Gasteiger partial charge in [0.05, 0.1) is 12.6 Å². The van der Waals surface area contributed by atoms with Gasteiger partial charge in [0.25, 0.3) is 15.9 Å². The Labute approximate surface area is 221 Å². The molecule has 2 N–H and O–H groups in total. The van der Waals surface area contributed by atoms with E-state index in [4.69, 9.17) is 4.42 Å². The standard InChI is InChI=1S/C27H32N4O6S/c1-17(2)12-21(30-27(34)24-14-19-8-4-5-9-23(19)37-24)26(33)29-20-13-18(3)15-31(16-22(20)32)38(35,36)25-10-6-7-11-28-25/h4-11,14,17-18,20-21H,12-13,15-16H2,1-3H3,(H,29,33)(H,30,34)/t18-,20-,21-/m0/s1. The van der Waals surface area contributed by atoms with Gasteiger partial charge >= 0.3 is 0 Å². The molecule has 0 unspecified atom stereocenters. The Kier molecular flexibility index (Phi) is 8.27. The van der Waals surface area contributed by atoms with Crippen LogP contribution in [0.4, 0.5) is 0 Å². The third-order valence-electron chi connectivity index (χ3n) is 6.41. The van der Waals surface area contributed by atoms with E-state index in [1.807, 2.05) is 32.9 Å². The normalized spacial score (nSPS) is 19.7. The molecule has 1 saturated heterocycles. The maximum atomic E-state index is 13.3. The molecule has 4 rings (SSSR count). The molecule has 0 bridgehead atoms. The Morgan fingerprint density at radius 1 is 1.16 bits per heavy atom. The van der Waals surface area contributed by atoms with Crippen molar-refractivity contribution in [3.63, 3.8) is 0 Å². The molecule has 3 atom stereocenters. The van der Waals surface area contributed by atoms with Gasteiger partial charge in [-0.3, -0.25) is 14.4 Å². The van der Waals surface area contributed by atoms with Crippen molar-refractivity contribution in [1.29, 1.82) is 0 Å². The van der Waals surface area contributed by atoms with Gasteiger partial charge in [-0.2, -0.15) is 4.31 Å². The van der Waals surface area contributed by atoms with E-state index in [9.17, 15) is 22.8 Å². The summed E-state index contributed by atoms with van der Waals surface area (Å²) in [6.07, 6.45) is 1.99. The van der Waals surface area contributed by atoms with E-state index in [1.165, 1.54) is 12.3 Å². The molecule has 0 radical (unpaired) electrons. The molecule has 3 aromatic rings. The van der Waals surface area contributed by atoms with Crippen LogP contribution in [-0.4, -0.2) is 60.5 Å². The quantitative estimate of drug-likeness (QED) is 0.448. The summed E-state index contributed by atoms with van der Waals surface area (Å²) in [5.41, 5.74) is 0.561. The van der Waals surface area contributed by atoms with Crippen molar-refractivity contribution in [2.45, 2.75) is 50.7 Å². The van der Waals surface area contributed by atoms with E-state index in [-0.39, 0.29) is 42.1 Å². The van der Waals surface area contributed by atoms with Gasteiger partial charge in [0.15, 0.2) is 16.6 Å². The number of Topliss-reactive ketones (excluding diaryl/α,β-unsaturated/α-hetero) is 1. The fraction of sp³-hybridized carbons (Fsp3) is 0.407. The number of benzene rings is 1. The summed E-state index contributed by atoms with van der Waals surface area (Å²) in [7, 11) is -3.97. The average molecular weight is 541 g/mol. The lowest BCUT2D eigenvalue weighted by atomic mass is 9.98. The van der Waals surface area contributed by atoms with Gasteiger partial charge in [-0.05, 0) is 48.9 Å². The van der Waals surface area contributed by atoms with Gasteiger partial charge in [-0.25, -0.2) is 13.4 Å². The zero-order chi connectivity index (χ0) is 27.4. The number of para-hydroxylation sites is 1. The van der Waals surface area contributed by atoms with Crippen LogP contribution in [0.5, 0.6) is 0 Å². The molecule has 0 spiro atoms. The predicted molar refractivity (Wildman–Crippen MR) is 141 cm³/mol. The molecule has 2 aromatic heterocycles. The Balaban J connectivity index is 1.47. The van der Waals surface area contributed by atoms with Crippen molar-refractivity contribution in [2.75, 3.05) is 13.1 Å². The second-order valence-electron chi connectivity index (χ2n) is 10.1. The highest BCUT2D eigenvalue weighted by Gasteiger charge is 2.37. The number of hydrogen-bond donors (Lipinski definition) is 2. The smallest absolute Gasteiger partial charge is 0.287 e. The lowest BCUT2D eigenvalue weighted by Crippen LogP contribution is -2.52. The van der Waals surface area contributed by atoms with Gasteiger partial charge in [-0.15, -0.1) is 0 Å². The molecule has 3 heterocycles. The molecule has 11 heteroatoms. The Hall–Kier alpha value is -3.57. The topological polar surface area (TPSA) is 139 Å². The zero-order valence-corrected chi connectivity index (χ0v) is 22.4. The Morgan fingerprint density at radius 2 is 1.89 bits per heavy atom. The number of rotatable bonds is 8. The lowest BCUT2D eigenvalue weighted by molar-refractivity contribution is -0.129. The molecule has 0 saturated carbocycles. The highest BCUT2D eigenvalue weighted by atomic mass is 32.2. The van der Waals surface area contributed by atoms with Crippen LogP contribution in [0.3, 0.4) is 0 Å². The van der Waals surface area contributed by atoms with Crippen molar-refractivity contribution < 1.29 is 27.2 Å². The number of carbonyl (C=O) groups is 3. The molecule has 1 aliphatic rings. The minimum atomic E-state index is -3.97. The van der Waals surface area contributed by atoms with Gasteiger partial charge in [0.1, 0.15) is 11.6 Å². The van der Waals surface area contributed by atoms with Crippen molar-refractivity contribution in [2.24, 2.45) is 11.8 Å². The average Bonchev–Trinajstić information content (AvgIpc) is 3.26. The van der Waals surface area contributed by atoms with Gasteiger partial charge in [0, 0.05) is 18.1 Å². The van der Waals surface area contributed by atoms with Crippen LogP contribution in [0.1, 0.15) is 44.2 Å². The van der Waals surface area contributed by atoms with Crippen LogP contribution in [0.25, 0.3) is 11.0 Å². The van der Waals surface area contributed by atoms with E-state index >= 15 is 0 Å². The summed E-state index contributed by atoms with van der Waals surface area (Å²) in [4.78, 5) is 43.3. The molecular formula is C27H32N4O6S. The minimum Gasteiger partial charge on any atom is -0.451 e. The highest BCUT2D eigenvalue weighted by molar-refractivity contribution is 7.89. The number of nitrogens with zero attached hydrogens (tertiary/aromatic N) is 2. The summed E-state index contributed by atoms with van der Waals surface area (Å²) < 4.78 is 32.9. The number of sulfonamides is 1. The van der Waals surface area contributed by atoms with Gasteiger partial charge in [-0.1, -0.05) is 45.0 Å². The van der Waals surface area contributed by atoms with Crippen LogP contribution >= 0.6 is 0 Å². The number of ketones is 1. The van der Waals surface area contributed by atoms with Crippen molar-refractivity contribution in [3.8, 4) is 0 Å². The zero-order valence-electron chi connectivity index (χ0n) is 21.6. The van der Waals surface area contributed by atoms with Crippen LogP contribution < -0.4 is 10.6 Å². The fourth-order valence-corrected chi connectivity index (χ4v) is 6.01. The van der Waals surface area contributed by atoms with Crippen molar-refractivity contribution >= 4 is 38.6 Å². The summed E-state index contributed by atoms with van der Waals surface area (Å²) in [6, 6.07) is 11.6. The Bertz CT molecular complexity index is 1390. The van der Waals surface area contributed by atoms with Gasteiger partial charge < -0.3 is 15.1 Å². The highest BCUT2D eigenvalue weighted by Crippen LogP contribution is 2.22. The second kappa shape index (κ2) is 11.4. The maximum Gasteiger partial charge on any atom is 0.287 e. The predicted octanol–water partition coefficient (Wildman–Crippen LogP) is 2.76.